The highest BCUT2D eigenvalue weighted by molar-refractivity contribution is 7.09. The van der Waals surface area contributed by atoms with Crippen LogP contribution in [0.15, 0.2) is 35.7 Å². The van der Waals surface area contributed by atoms with Gasteiger partial charge in [0, 0.05) is 37.3 Å². The number of aryl methyl sites for hydroxylation is 1. The molecule has 26 heavy (non-hydrogen) atoms. The maximum absolute atomic E-state index is 12.5. The highest BCUT2D eigenvalue weighted by Gasteiger charge is 2.25. The molecule has 3 heterocycles. The van der Waals surface area contributed by atoms with Gasteiger partial charge < -0.3 is 9.80 Å². The molecule has 8 nitrogen and oxygen atoms in total. The number of anilines is 1. The molecule has 0 aliphatic carbocycles. The average Bonchev–Trinajstić information content (AvgIpc) is 3.32. The van der Waals surface area contributed by atoms with Gasteiger partial charge in [0.15, 0.2) is 0 Å². The van der Waals surface area contributed by atoms with E-state index in [1.807, 2.05) is 47.5 Å². The molecule has 4 rings (SSSR count). The van der Waals surface area contributed by atoms with Crippen LogP contribution in [0.5, 0.6) is 0 Å². The minimum Gasteiger partial charge on any atom is -0.339 e. The molecule has 0 bridgehead atoms. The summed E-state index contributed by atoms with van der Waals surface area (Å²) in [7, 11) is 0. The molecule has 134 valence electrons. The van der Waals surface area contributed by atoms with Crippen LogP contribution < -0.4 is 4.90 Å². The zero-order chi connectivity index (χ0) is 17.9. The van der Waals surface area contributed by atoms with Crippen LogP contribution >= 0.6 is 11.3 Å². The first-order chi connectivity index (χ1) is 12.7. The number of aromatic nitrogens is 5. The Morgan fingerprint density at radius 1 is 1.15 bits per heavy atom. The molecule has 1 aromatic carbocycles. The van der Waals surface area contributed by atoms with Crippen molar-refractivity contribution in [3.8, 4) is 5.69 Å². The van der Waals surface area contributed by atoms with E-state index in [0.29, 0.717) is 38.5 Å². The topological polar surface area (TPSA) is 80.0 Å². The van der Waals surface area contributed by atoms with Crippen molar-refractivity contribution in [2.45, 2.75) is 13.3 Å². The molecule has 1 aliphatic rings. The summed E-state index contributed by atoms with van der Waals surface area (Å²) in [6.45, 7) is 4.67. The Bertz CT molecular complexity index is 883. The van der Waals surface area contributed by atoms with Gasteiger partial charge in [-0.2, -0.15) is 4.68 Å². The second-order valence-corrected chi connectivity index (χ2v) is 7.10. The fourth-order valence-corrected chi connectivity index (χ4v) is 3.76. The predicted octanol–water partition coefficient (Wildman–Crippen LogP) is 1.32. The van der Waals surface area contributed by atoms with E-state index < -0.39 is 0 Å². The zero-order valence-corrected chi connectivity index (χ0v) is 15.3. The number of para-hydroxylation sites is 1. The quantitative estimate of drug-likeness (QED) is 0.690. The van der Waals surface area contributed by atoms with Crippen molar-refractivity contribution in [2.75, 3.05) is 31.1 Å². The number of tetrazole rings is 1. The lowest BCUT2D eigenvalue weighted by Crippen LogP contribution is -2.50. The molecule has 2 aromatic heterocycles. The lowest BCUT2D eigenvalue weighted by Gasteiger charge is -2.34. The van der Waals surface area contributed by atoms with E-state index in [2.05, 4.69) is 25.4 Å². The van der Waals surface area contributed by atoms with Gasteiger partial charge in [-0.25, -0.2) is 4.98 Å². The van der Waals surface area contributed by atoms with Crippen molar-refractivity contribution < 1.29 is 4.79 Å². The molecule has 0 unspecified atom stereocenters. The van der Waals surface area contributed by atoms with Crippen LogP contribution in [0.2, 0.25) is 0 Å². The molecule has 1 aliphatic heterocycles. The van der Waals surface area contributed by atoms with E-state index in [9.17, 15) is 4.79 Å². The normalized spacial score (nSPS) is 14.7. The Morgan fingerprint density at radius 3 is 2.62 bits per heavy atom. The van der Waals surface area contributed by atoms with Crippen LogP contribution in [0.4, 0.5) is 5.95 Å². The van der Waals surface area contributed by atoms with Gasteiger partial charge in [0.25, 0.3) is 0 Å². The summed E-state index contributed by atoms with van der Waals surface area (Å²) >= 11 is 1.54. The number of piperazine rings is 1. The van der Waals surface area contributed by atoms with E-state index in [0.717, 1.165) is 16.4 Å². The molecule has 0 saturated carbocycles. The fraction of sp³-hybridized carbons (Fsp3) is 0.353. The highest BCUT2D eigenvalue weighted by atomic mass is 32.1. The molecule has 3 aromatic rings. The fourth-order valence-electron chi connectivity index (χ4n) is 3.00. The van der Waals surface area contributed by atoms with Gasteiger partial charge in [0.2, 0.25) is 11.9 Å². The largest absolute Gasteiger partial charge is 0.339 e. The molecular weight excluding hydrogens is 350 g/mol. The summed E-state index contributed by atoms with van der Waals surface area (Å²) in [6, 6.07) is 9.81. The summed E-state index contributed by atoms with van der Waals surface area (Å²) < 4.78 is 1.73. The molecule has 9 heteroatoms. The number of rotatable bonds is 4. The standard InChI is InChI=1S/C17H19N7OS/c1-13-12-26-15(18-13)11-16(25)22-7-9-23(10-8-22)17-19-20-21-24(17)14-5-3-2-4-6-14/h2-6,12H,7-11H2,1H3. The van der Waals surface area contributed by atoms with Crippen molar-refractivity contribution in [1.29, 1.82) is 0 Å². The molecule has 0 N–H and O–H groups in total. The summed E-state index contributed by atoms with van der Waals surface area (Å²) in [5.74, 6) is 0.834. The number of benzene rings is 1. The predicted molar refractivity (Wildman–Crippen MR) is 98.5 cm³/mol. The van der Waals surface area contributed by atoms with E-state index in [-0.39, 0.29) is 5.91 Å². The number of amides is 1. The maximum atomic E-state index is 12.5. The first-order valence-corrected chi connectivity index (χ1v) is 9.36. The third-order valence-corrected chi connectivity index (χ3v) is 5.30. The average molecular weight is 369 g/mol. The Balaban J connectivity index is 1.40. The Morgan fingerprint density at radius 2 is 1.92 bits per heavy atom. The van der Waals surface area contributed by atoms with Crippen LogP contribution in [0.3, 0.4) is 0 Å². The molecule has 1 fully saturated rings. The number of hydrogen-bond donors (Lipinski definition) is 0. The van der Waals surface area contributed by atoms with Crippen LogP contribution in [-0.2, 0) is 11.2 Å². The Kier molecular flexibility index (Phi) is 4.61. The van der Waals surface area contributed by atoms with Crippen molar-refractivity contribution in [2.24, 2.45) is 0 Å². The first-order valence-electron chi connectivity index (χ1n) is 8.48. The number of hydrogen-bond acceptors (Lipinski definition) is 7. The van der Waals surface area contributed by atoms with Crippen molar-refractivity contribution >= 4 is 23.2 Å². The van der Waals surface area contributed by atoms with Gasteiger partial charge >= 0.3 is 0 Å². The number of thiazole rings is 1. The van der Waals surface area contributed by atoms with E-state index in [1.165, 1.54) is 0 Å². The summed E-state index contributed by atoms with van der Waals surface area (Å²) in [6.07, 6.45) is 0.375. The molecule has 0 atom stereocenters. The summed E-state index contributed by atoms with van der Waals surface area (Å²) in [5, 5.41) is 14.9. The van der Waals surface area contributed by atoms with Gasteiger partial charge in [-0.1, -0.05) is 23.3 Å². The SMILES string of the molecule is Cc1csc(CC(=O)N2CCN(c3nnnn3-c3ccccc3)CC2)n1. The van der Waals surface area contributed by atoms with Crippen LogP contribution in [0, 0.1) is 6.92 Å². The van der Waals surface area contributed by atoms with Gasteiger partial charge in [-0.15, -0.1) is 11.3 Å². The summed E-state index contributed by atoms with van der Waals surface area (Å²) in [4.78, 5) is 20.9. The van der Waals surface area contributed by atoms with Crippen molar-refractivity contribution in [3.05, 3.63) is 46.4 Å². The van der Waals surface area contributed by atoms with Crippen molar-refractivity contribution in [3.63, 3.8) is 0 Å². The van der Waals surface area contributed by atoms with Crippen LogP contribution in [0.25, 0.3) is 5.69 Å². The highest BCUT2D eigenvalue weighted by Crippen LogP contribution is 2.18. The Hall–Kier alpha value is -2.81. The third kappa shape index (κ3) is 3.43. The van der Waals surface area contributed by atoms with E-state index >= 15 is 0 Å². The second-order valence-electron chi connectivity index (χ2n) is 6.15. The maximum Gasteiger partial charge on any atom is 0.250 e. The molecule has 0 radical (unpaired) electrons. The van der Waals surface area contributed by atoms with Crippen molar-refractivity contribution in [1.82, 2.24) is 30.1 Å². The van der Waals surface area contributed by atoms with E-state index in [1.54, 1.807) is 16.0 Å². The number of nitrogens with zero attached hydrogens (tertiary/aromatic N) is 7. The van der Waals surface area contributed by atoms with Gasteiger partial charge in [0.1, 0.15) is 5.01 Å². The minimum absolute atomic E-state index is 0.127. The Labute approximate surface area is 155 Å². The smallest absolute Gasteiger partial charge is 0.250 e. The summed E-state index contributed by atoms with van der Waals surface area (Å²) in [5.41, 5.74) is 1.89. The molecular formula is C17H19N7OS. The zero-order valence-electron chi connectivity index (χ0n) is 14.4. The number of carbonyl (C=O) groups excluding carboxylic acids is 1. The van der Waals surface area contributed by atoms with Gasteiger partial charge in [0.05, 0.1) is 12.1 Å². The van der Waals surface area contributed by atoms with E-state index in [4.69, 9.17) is 0 Å². The lowest BCUT2D eigenvalue weighted by molar-refractivity contribution is -0.130. The molecule has 0 spiro atoms. The second kappa shape index (κ2) is 7.20. The monoisotopic (exact) mass is 369 g/mol. The first kappa shape index (κ1) is 16.6. The molecule has 1 amide bonds. The van der Waals surface area contributed by atoms with Gasteiger partial charge in [-0.05, 0) is 29.5 Å². The third-order valence-electron chi connectivity index (χ3n) is 4.34. The van der Waals surface area contributed by atoms with Gasteiger partial charge in [-0.3, -0.25) is 4.79 Å². The number of carbonyl (C=O) groups is 1. The van der Waals surface area contributed by atoms with Crippen LogP contribution in [0.1, 0.15) is 10.7 Å². The minimum atomic E-state index is 0.127. The lowest BCUT2D eigenvalue weighted by atomic mass is 10.3. The molecule has 1 saturated heterocycles. The van der Waals surface area contributed by atoms with Crippen LogP contribution in [-0.4, -0.2) is 62.2 Å².